The lowest BCUT2D eigenvalue weighted by atomic mass is 9.85. The molecule has 0 aliphatic carbocycles. The van der Waals surface area contributed by atoms with Gasteiger partial charge in [-0.3, -0.25) is 19.7 Å². The van der Waals surface area contributed by atoms with Crippen molar-refractivity contribution in [1.29, 1.82) is 0 Å². The minimum absolute atomic E-state index is 0.00420. The van der Waals surface area contributed by atoms with Crippen molar-refractivity contribution in [3.05, 3.63) is 10.1 Å². The topological polar surface area (TPSA) is 86.5 Å². The van der Waals surface area contributed by atoms with Crippen molar-refractivity contribution in [2.24, 2.45) is 23.7 Å². The molecule has 0 aromatic heterocycles. The molecule has 21 heavy (non-hydrogen) atoms. The Kier molecular flexibility index (Phi) is 6.13. The van der Waals surface area contributed by atoms with Crippen molar-refractivity contribution < 1.29 is 19.2 Å². The van der Waals surface area contributed by atoms with Gasteiger partial charge in [0, 0.05) is 23.7 Å². The van der Waals surface area contributed by atoms with Gasteiger partial charge >= 0.3 is 5.97 Å². The Morgan fingerprint density at radius 3 is 2.33 bits per heavy atom. The standard InChI is InChI=1S/C14H22ClNO5/c1-7(2)9(13(15)17)5-11(16(19)20)12-6-10(8(3)4)14(18)21-12/h7-12H,5-6H2,1-4H3/t9-,10-,11-,12-/m0/s1. The predicted molar refractivity (Wildman–Crippen MR) is 77.4 cm³/mol. The monoisotopic (exact) mass is 319 g/mol. The third-order valence-corrected chi connectivity index (χ3v) is 4.43. The van der Waals surface area contributed by atoms with Gasteiger partial charge in [-0.15, -0.1) is 0 Å². The Hall–Kier alpha value is -1.17. The van der Waals surface area contributed by atoms with Gasteiger partial charge in [-0.05, 0) is 23.4 Å². The van der Waals surface area contributed by atoms with Gasteiger partial charge in [-0.2, -0.15) is 0 Å². The molecule has 0 aromatic rings. The second kappa shape index (κ2) is 7.20. The number of cyclic esters (lactones) is 1. The van der Waals surface area contributed by atoms with Crippen LogP contribution in [0.5, 0.6) is 0 Å². The number of nitrogens with zero attached hydrogens (tertiary/aromatic N) is 1. The second-order valence-electron chi connectivity index (χ2n) is 6.30. The van der Waals surface area contributed by atoms with Crippen LogP contribution >= 0.6 is 11.6 Å². The van der Waals surface area contributed by atoms with E-state index in [9.17, 15) is 19.7 Å². The third-order valence-electron chi connectivity index (χ3n) is 4.15. The highest BCUT2D eigenvalue weighted by Crippen LogP contribution is 2.33. The molecule has 120 valence electrons. The summed E-state index contributed by atoms with van der Waals surface area (Å²) in [5, 5.41) is 10.7. The van der Waals surface area contributed by atoms with Crippen LogP contribution in [-0.2, 0) is 14.3 Å². The van der Waals surface area contributed by atoms with Crippen LogP contribution in [0, 0.1) is 33.8 Å². The number of ether oxygens (including phenoxy) is 1. The van der Waals surface area contributed by atoms with Crippen LogP contribution < -0.4 is 0 Å². The molecule has 0 N–H and O–H groups in total. The van der Waals surface area contributed by atoms with E-state index in [0.717, 1.165) is 0 Å². The maximum absolute atomic E-state index is 11.8. The number of hydrogen-bond acceptors (Lipinski definition) is 5. The molecule has 4 atom stereocenters. The molecule has 0 aromatic carbocycles. The van der Waals surface area contributed by atoms with Gasteiger partial charge in [0.05, 0.1) is 5.92 Å². The minimum Gasteiger partial charge on any atom is -0.455 e. The summed E-state index contributed by atoms with van der Waals surface area (Å²) in [5.74, 6) is -1.35. The molecule has 1 heterocycles. The Bertz CT molecular complexity index is 424. The molecule has 0 unspecified atom stereocenters. The van der Waals surface area contributed by atoms with Crippen LogP contribution in [0.1, 0.15) is 40.5 Å². The number of rotatable bonds is 7. The first-order valence-electron chi connectivity index (χ1n) is 7.18. The van der Waals surface area contributed by atoms with Crippen molar-refractivity contribution in [3.63, 3.8) is 0 Å². The Labute approximate surface area is 129 Å². The number of carbonyl (C=O) groups excluding carboxylic acids is 2. The van der Waals surface area contributed by atoms with Gasteiger partial charge in [0.25, 0.3) is 0 Å². The van der Waals surface area contributed by atoms with Crippen molar-refractivity contribution in [1.82, 2.24) is 0 Å². The minimum atomic E-state index is -1.09. The van der Waals surface area contributed by atoms with Gasteiger partial charge in [0.1, 0.15) is 0 Å². The van der Waals surface area contributed by atoms with E-state index in [1.165, 1.54) is 0 Å². The molecular formula is C14H22ClNO5. The lowest BCUT2D eigenvalue weighted by Crippen LogP contribution is -2.37. The third kappa shape index (κ3) is 4.40. The average Bonchev–Trinajstić information content (AvgIpc) is 2.70. The fourth-order valence-electron chi connectivity index (χ4n) is 2.67. The highest BCUT2D eigenvalue weighted by molar-refractivity contribution is 6.64. The van der Waals surface area contributed by atoms with Gasteiger partial charge in [-0.25, -0.2) is 0 Å². The lowest BCUT2D eigenvalue weighted by Gasteiger charge is -2.21. The zero-order valence-electron chi connectivity index (χ0n) is 12.7. The largest absolute Gasteiger partial charge is 0.455 e. The van der Waals surface area contributed by atoms with Gasteiger partial charge < -0.3 is 4.74 Å². The van der Waals surface area contributed by atoms with Crippen molar-refractivity contribution in [3.8, 4) is 0 Å². The Morgan fingerprint density at radius 1 is 1.43 bits per heavy atom. The molecule has 6 nitrogen and oxygen atoms in total. The molecule has 1 fully saturated rings. The molecule has 1 rings (SSSR count). The second-order valence-corrected chi connectivity index (χ2v) is 6.68. The first kappa shape index (κ1) is 17.9. The van der Waals surface area contributed by atoms with E-state index in [0.29, 0.717) is 6.42 Å². The number of hydrogen-bond donors (Lipinski definition) is 0. The smallest absolute Gasteiger partial charge is 0.309 e. The van der Waals surface area contributed by atoms with E-state index in [2.05, 4.69) is 0 Å². The summed E-state index contributed by atoms with van der Waals surface area (Å²) < 4.78 is 5.18. The quantitative estimate of drug-likeness (QED) is 0.311. The van der Waals surface area contributed by atoms with Gasteiger partial charge in [-0.1, -0.05) is 27.7 Å². The number of halogens is 1. The number of carbonyl (C=O) groups is 2. The summed E-state index contributed by atoms with van der Waals surface area (Å²) in [5.41, 5.74) is 0. The Balaban J connectivity index is 2.86. The molecule has 1 aliphatic heterocycles. The van der Waals surface area contributed by atoms with Crippen LogP contribution in [0.25, 0.3) is 0 Å². The lowest BCUT2D eigenvalue weighted by molar-refractivity contribution is -0.535. The molecule has 1 saturated heterocycles. The van der Waals surface area contributed by atoms with E-state index < -0.39 is 28.2 Å². The van der Waals surface area contributed by atoms with Crippen LogP contribution in [0.15, 0.2) is 0 Å². The van der Waals surface area contributed by atoms with E-state index >= 15 is 0 Å². The zero-order chi connectivity index (χ0) is 16.3. The fraction of sp³-hybridized carbons (Fsp3) is 0.857. The van der Waals surface area contributed by atoms with Crippen LogP contribution in [0.4, 0.5) is 0 Å². The fourth-order valence-corrected chi connectivity index (χ4v) is 3.01. The molecule has 7 heteroatoms. The summed E-state index contributed by atoms with van der Waals surface area (Å²) in [6.45, 7) is 7.35. The highest BCUT2D eigenvalue weighted by Gasteiger charge is 2.46. The molecule has 0 radical (unpaired) electrons. The predicted octanol–water partition coefficient (Wildman–Crippen LogP) is 2.65. The van der Waals surface area contributed by atoms with Crippen molar-refractivity contribution in [2.45, 2.75) is 52.7 Å². The van der Waals surface area contributed by atoms with E-state index in [1.807, 2.05) is 13.8 Å². The van der Waals surface area contributed by atoms with Gasteiger partial charge in [0.15, 0.2) is 6.10 Å². The van der Waals surface area contributed by atoms with E-state index in [-0.39, 0.29) is 30.1 Å². The number of esters is 1. The summed E-state index contributed by atoms with van der Waals surface area (Å²) in [4.78, 5) is 34.0. The summed E-state index contributed by atoms with van der Waals surface area (Å²) >= 11 is 5.53. The van der Waals surface area contributed by atoms with Crippen LogP contribution in [-0.4, -0.2) is 28.3 Å². The Morgan fingerprint density at radius 2 is 2.00 bits per heavy atom. The van der Waals surface area contributed by atoms with Crippen molar-refractivity contribution in [2.75, 3.05) is 0 Å². The van der Waals surface area contributed by atoms with Crippen LogP contribution in [0.3, 0.4) is 0 Å². The van der Waals surface area contributed by atoms with Gasteiger partial charge in [0.2, 0.25) is 11.3 Å². The molecular weight excluding hydrogens is 298 g/mol. The zero-order valence-corrected chi connectivity index (χ0v) is 13.5. The molecule has 0 spiro atoms. The summed E-state index contributed by atoms with van der Waals surface area (Å²) in [7, 11) is 0. The maximum atomic E-state index is 11.8. The maximum Gasteiger partial charge on any atom is 0.309 e. The average molecular weight is 320 g/mol. The highest BCUT2D eigenvalue weighted by atomic mass is 35.5. The van der Waals surface area contributed by atoms with E-state index in [1.54, 1.807) is 13.8 Å². The molecule has 0 saturated carbocycles. The molecule has 0 bridgehead atoms. The normalized spacial score (nSPS) is 25.0. The molecule has 1 aliphatic rings. The summed E-state index contributed by atoms with van der Waals surface area (Å²) in [6.07, 6.45) is -0.462. The van der Waals surface area contributed by atoms with Crippen LogP contribution in [0.2, 0.25) is 0 Å². The number of nitro groups is 1. The van der Waals surface area contributed by atoms with E-state index in [4.69, 9.17) is 16.3 Å². The first-order chi connectivity index (χ1) is 9.65. The SMILES string of the molecule is CC(C)[C@H](C[C@@H]([C@@H]1C[C@@H](C(C)C)C(=O)O1)[N+](=O)[O-])C(=O)Cl. The first-order valence-corrected chi connectivity index (χ1v) is 7.56. The summed E-state index contributed by atoms with van der Waals surface area (Å²) in [6, 6.07) is -1.09. The van der Waals surface area contributed by atoms with Crippen molar-refractivity contribution >= 4 is 22.8 Å². The molecule has 0 amide bonds.